The molecule has 1 aliphatic rings. The molecule has 0 aromatic carbocycles. The van der Waals surface area contributed by atoms with E-state index in [1.54, 1.807) is 19.2 Å². The average Bonchev–Trinajstić information content (AvgIpc) is 3.50. The number of nitriles is 1. The number of hydrogen-bond donors (Lipinski definition) is 1. The van der Waals surface area contributed by atoms with Crippen LogP contribution in [0.5, 0.6) is 0 Å². The van der Waals surface area contributed by atoms with E-state index in [-0.39, 0.29) is 29.1 Å². The molecule has 0 saturated heterocycles. The van der Waals surface area contributed by atoms with E-state index in [1.807, 2.05) is 0 Å². The van der Waals surface area contributed by atoms with E-state index in [0.717, 1.165) is 6.07 Å². The summed E-state index contributed by atoms with van der Waals surface area (Å²) in [5.41, 5.74) is -1.70. The fraction of sp³-hybridized carbons (Fsp3) is 0.455. The molecule has 33 heavy (non-hydrogen) atoms. The minimum absolute atomic E-state index is 0.00907. The summed E-state index contributed by atoms with van der Waals surface area (Å²) < 4.78 is 56.2. The average molecular weight is 480 g/mol. The van der Waals surface area contributed by atoms with Gasteiger partial charge in [0.05, 0.1) is 17.0 Å². The third-order valence-electron chi connectivity index (χ3n) is 6.45. The maximum atomic E-state index is 13.6. The van der Waals surface area contributed by atoms with Crippen LogP contribution in [0.25, 0.3) is 22.6 Å². The molecule has 0 unspecified atom stereocenters. The van der Waals surface area contributed by atoms with Gasteiger partial charge in [0.15, 0.2) is 5.82 Å². The fourth-order valence-corrected chi connectivity index (χ4v) is 5.45. The van der Waals surface area contributed by atoms with Gasteiger partial charge in [-0.1, -0.05) is 16.9 Å². The number of nitrogens with zero attached hydrogens (tertiary/aromatic N) is 5. The van der Waals surface area contributed by atoms with E-state index in [0.29, 0.717) is 33.6 Å². The second kappa shape index (κ2) is 7.52. The lowest BCUT2D eigenvalue weighted by molar-refractivity contribution is -0.144. The number of fused-ring (bicyclic) bond motifs is 1. The first-order valence-corrected chi connectivity index (χ1v) is 12.9. The molecular weight excluding hydrogens is 455 g/mol. The molecule has 0 spiro atoms. The van der Waals surface area contributed by atoms with E-state index in [4.69, 9.17) is 0 Å². The normalized spacial score (nSPS) is 16.1. The molecule has 7 nitrogen and oxygen atoms in total. The number of halogens is 3. The Bertz CT molecular complexity index is 1430. The highest BCUT2D eigenvalue weighted by Gasteiger charge is 2.46. The number of alkyl halides is 3. The Morgan fingerprint density at radius 3 is 2.45 bits per heavy atom. The Morgan fingerprint density at radius 2 is 1.94 bits per heavy atom. The first kappa shape index (κ1) is 23.2. The number of hydrogen-bond acceptors (Lipinski definition) is 5. The Hall–Kier alpha value is -3.00. The first-order chi connectivity index (χ1) is 15.4. The third kappa shape index (κ3) is 3.57. The molecule has 3 aromatic rings. The van der Waals surface area contributed by atoms with Gasteiger partial charge < -0.3 is 9.13 Å². The van der Waals surface area contributed by atoms with Crippen LogP contribution in [-0.2, 0) is 35.1 Å². The summed E-state index contributed by atoms with van der Waals surface area (Å²) in [6.07, 6.45) is -0.198. The zero-order chi connectivity index (χ0) is 24.3. The third-order valence-corrected chi connectivity index (χ3v) is 9.02. The van der Waals surface area contributed by atoms with Crippen LogP contribution in [0, 0.1) is 11.3 Å². The smallest absolute Gasteiger partial charge is 0.321 e. The molecule has 0 radical (unpaired) electrons. The molecule has 1 aliphatic carbocycles. The highest BCUT2D eigenvalue weighted by Crippen LogP contribution is 2.48. The molecule has 1 saturated carbocycles. The van der Waals surface area contributed by atoms with Crippen LogP contribution in [0.15, 0.2) is 28.0 Å². The van der Waals surface area contributed by atoms with Crippen molar-refractivity contribution >= 4 is 21.0 Å². The van der Waals surface area contributed by atoms with E-state index in [9.17, 15) is 27.4 Å². The van der Waals surface area contributed by atoms with E-state index in [1.165, 1.54) is 24.7 Å². The topological polar surface area (TPSA) is 93.6 Å². The molecule has 0 bridgehead atoms. The van der Waals surface area contributed by atoms with E-state index in [2.05, 4.69) is 16.0 Å². The molecule has 1 fully saturated rings. The fourth-order valence-electron chi connectivity index (χ4n) is 4.09. The molecule has 3 heterocycles. The van der Waals surface area contributed by atoms with Gasteiger partial charge in [-0.25, -0.2) is 4.98 Å². The van der Waals surface area contributed by atoms with Crippen molar-refractivity contribution in [3.63, 3.8) is 0 Å². The maximum Gasteiger partial charge on any atom is 0.431 e. The van der Waals surface area contributed by atoms with Crippen LogP contribution in [0.1, 0.15) is 37.9 Å². The predicted octanol–water partition coefficient (Wildman–Crippen LogP) is 3.42. The van der Waals surface area contributed by atoms with Gasteiger partial charge in [-0.15, -0.1) is 0 Å². The molecule has 0 N–H and O–H groups in total. The van der Waals surface area contributed by atoms with Crippen molar-refractivity contribution in [2.45, 2.75) is 49.7 Å². The summed E-state index contributed by atoms with van der Waals surface area (Å²) in [7, 11) is -1.39. The van der Waals surface area contributed by atoms with Crippen molar-refractivity contribution in [2.75, 3.05) is 12.0 Å². The van der Waals surface area contributed by atoms with Gasteiger partial charge in [0.2, 0.25) is 0 Å². The Morgan fingerprint density at radius 1 is 1.27 bits per heavy atom. The van der Waals surface area contributed by atoms with Crippen molar-refractivity contribution in [3.8, 4) is 17.6 Å². The van der Waals surface area contributed by atoms with Crippen LogP contribution in [0.3, 0.4) is 0 Å². The lowest BCUT2D eigenvalue weighted by Crippen LogP contribution is -2.28. The van der Waals surface area contributed by atoms with Crippen molar-refractivity contribution in [2.24, 2.45) is 7.05 Å². The van der Waals surface area contributed by atoms with Crippen LogP contribution < -0.4 is 5.56 Å². The number of imidazole rings is 1. The molecule has 4 rings (SSSR count). The summed E-state index contributed by atoms with van der Waals surface area (Å²) in [4.78, 5) is 22.2. The predicted molar refractivity (Wildman–Crippen MR) is 120 cm³/mol. The summed E-state index contributed by atoms with van der Waals surface area (Å²) >= 11 is 0. The minimum Gasteiger partial charge on any atom is -0.321 e. The van der Waals surface area contributed by atoms with Crippen LogP contribution in [0.4, 0.5) is 13.2 Å². The molecule has 3 aromatic heterocycles. The van der Waals surface area contributed by atoms with Gasteiger partial charge in [0.25, 0.3) is 5.56 Å². The number of thiol groups is 1. The lowest BCUT2D eigenvalue weighted by Gasteiger charge is -2.21. The van der Waals surface area contributed by atoms with Gasteiger partial charge in [-0.05, 0) is 43.7 Å². The molecule has 176 valence electrons. The molecule has 0 amide bonds. The molecular formula is C22H24F3N5O2S. The highest BCUT2D eigenvalue weighted by atomic mass is 32.2. The van der Waals surface area contributed by atoms with Gasteiger partial charge >= 0.3 is 6.18 Å². The molecule has 0 atom stereocenters. The second-order valence-corrected chi connectivity index (χ2v) is 11.8. The largest absolute Gasteiger partial charge is 0.431 e. The Labute approximate surface area is 189 Å². The number of aromatic nitrogens is 4. The van der Waals surface area contributed by atoms with E-state index >= 15 is 0 Å². The van der Waals surface area contributed by atoms with Crippen molar-refractivity contribution in [1.29, 1.82) is 5.26 Å². The van der Waals surface area contributed by atoms with Gasteiger partial charge in [0.1, 0.15) is 16.9 Å². The Kier molecular flexibility index (Phi) is 5.28. The van der Waals surface area contributed by atoms with Gasteiger partial charge in [0, 0.05) is 30.4 Å². The zero-order valence-corrected chi connectivity index (χ0v) is 19.6. The Balaban J connectivity index is 2.03. The van der Waals surface area contributed by atoms with Crippen molar-refractivity contribution in [3.05, 3.63) is 39.9 Å². The quantitative estimate of drug-likeness (QED) is 0.566. The van der Waals surface area contributed by atoms with Crippen LogP contribution in [0.2, 0.25) is 0 Å². The molecule has 11 heteroatoms. The number of pyridine rings is 2. The zero-order valence-electron chi connectivity index (χ0n) is 18.7. The SMILES string of the molecule is CCn1c(C(F)(F)F)cc2nc(-c3ncc(C4(C#N)CC4)cc3[SH](C)(=O)CC)n(C)c2c1=O. The highest BCUT2D eigenvalue weighted by molar-refractivity contribution is 8.02. The summed E-state index contributed by atoms with van der Waals surface area (Å²) in [5.74, 6) is 0.484. The van der Waals surface area contributed by atoms with Crippen LogP contribution in [-0.4, -0.2) is 35.3 Å². The molecule has 0 aliphatic heterocycles. The number of rotatable bonds is 5. The van der Waals surface area contributed by atoms with Gasteiger partial charge in [-0.3, -0.25) is 14.0 Å². The lowest BCUT2D eigenvalue weighted by atomic mass is 9.99. The van der Waals surface area contributed by atoms with Crippen LogP contribution >= 0.6 is 0 Å². The van der Waals surface area contributed by atoms with E-state index < -0.39 is 32.8 Å². The maximum absolute atomic E-state index is 13.6. The van der Waals surface area contributed by atoms with Gasteiger partial charge in [-0.2, -0.15) is 18.4 Å². The standard InChI is InChI=1S/C22H24F3N5O2S/c1-5-30-16(22(23,24)25)10-14-18(20(30)31)29(3)19(28-14)17-15(33(4,32)6-2)9-13(11-27-17)21(12-26)7-8-21/h9-11,33H,5-8H2,1-4H3. The van der Waals surface area contributed by atoms with Crippen molar-refractivity contribution < 1.29 is 17.4 Å². The first-order valence-electron chi connectivity index (χ1n) is 10.6. The number of aryl methyl sites for hydroxylation is 1. The second-order valence-electron chi connectivity index (χ2n) is 8.51. The summed E-state index contributed by atoms with van der Waals surface area (Å²) in [5, 5.41) is 9.57. The summed E-state index contributed by atoms with van der Waals surface area (Å²) in [6.45, 7) is 3.09. The summed E-state index contributed by atoms with van der Waals surface area (Å²) in [6, 6.07) is 4.87. The van der Waals surface area contributed by atoms with Crippen molar-refractivity contribution in [1.82, 2.24) is 19.1 Å². The minimum atomic E-state index is -4.72. The monoisotopic (exact) mass is 479 g/mol.